The topological polar surface area (TPSA) is 90.9 Å². The van der Waals surface area contributed by atoms with Crippen molar-refractivity contribution in [2.24, 2.45) is 4.99 Å². The van der Waals surface area contributed by atoms with Crippen molar-refractivity contribution in [2.75, 3.05) is 31.6 Å². The maximum absolute atomic E-state index is 12.0. The lowest BCUT2D eigenvalue weighted by Crippen LogP contribution is -2.48. The van der Waals surface area contributed by atoms with Gasteiger partial charge in [0.2, 0.25) is 0 Å². The summed E-state index contributed by atoms with van der Waals surface area (Å²) in [5.74, 6) is 1.76. The summed E-state index contributed by atoms with van der Waals surface area (Å²) < 4.78 is 5.34. The lowest BCUT2D eigenvalue weighted by Gasteiger charge is -2.24. The van der Waals surface area contributed by atoms with Crippen LogP contribution in [0, 0.1) is 0 Å². The number of rotatable bonds is 9. The van der Waals surface area contributed by atoms with Crippen LogP contribution in [-0.4, -0.2) is 55.4 Å². The van der Waals surface area contributed by atoms with Crippen LogP contribution in [0.5, 0.6) is 0 Å². The zero-order chi connectivity index (χ0) is 22.7. The zero-order valence-corrected chi connectivity index (χ0v) is 19.8. The van der Waals surface area contributed by atoms with Gasteiger partial charge in [-0.1, -0.05) is 25.8 Å². The van der Waals surface area contributed by atoms with Crippen LogP contribution in [0.2, 0.25) is 0 Å². The minimum Gasteiger partial charge on any atom is -0.444 e. The van der Waals surface area contributed by atoms with Crippen LogP contribution in [0.25, 0.3) is 0 Å². The van der Waals surface area contributed by atoms with Gasteiger partial charge in [-0.05, 0) is 51.7 Å². The Morgan fingerprint density at radius 1 is 1.26 bits per heavy atom. The highest BCUT2D eigenvalue weighted by Gasteiger charge is 2.18. The molecule has 1 aliphatic rings. The van der Waals surface area contributed by atoms with E-state index in [0.29, 0.717) is 19.0 Å². The molecule has 1 aromatic heterocycles. The monoisotopic (exact) mass is 432 g/mol. The van der Waals surface area contributed by atoms with E-state index in [9.17, 15) is 4.79 Å². The van der Waals surface area contributed by atoms with E-state index in [-0.39, 0.29) is 6.04 Å². The van der Waals surface area contributed by atoms with Crippen LogP contribution in [0.4, 0.5) is 10.6 Å². The first-order valence-corrected chi connectivity index (χ1v) is 11.4. The molecule has 174 valence electrons. The molecular weight excluding hydrogens is 392 g/mol. The number of hydrogen-bond donors (Lipinski definition) is 3. The first kappa shape index (κ1) is 24.8. The number of unbranched alkanes of at least 4 members (excludes halogenated alkanes) is 1. The van der Waals surface area contributed by atoms with Gasteiger partial charge in [0.1, 0.15) is 11.4 Å². The molecule has 1 unspecified atom stereocenters. The Morgan fingerprint density at radius 2 is 2.00 bits per heavy atom. The van der Waals surface area contributed by atoms with Crippen molar-refractivity contribution >= 4 is 17.9 Å². The molecule has 0 aromatic carbocycles. The number of ether oxygens (including phenoxy) is 1. The molecule has 1 atom stereocenters. The molecule has 1 aliphatic heterocycles. The number of alkyl carbamates (subject to hydrolysis) is 1. The SMILES string of the molecule is CCCCC(CNC(=O)OC(C)(C)C)NC(=NC)NCc1ccc(N2CCCC2)nc1. The van der Waals surface area contributed by atoms with Crippen molar-refractivity contribution in [3.8, 4) is 0 Å². The summed E-state index contributed by atoms with van der Waals surface area (Å²) in [6.45, 7) is 11.0. The van der Waals surface area contributed by atoms with Gasteiger partial charge in [0.15, 0.2) is 5.96 Å². The molecule has 31 heavy (non-hydrogen) atoms. The Kier molecular flexibility index (Phi) is 9.88. The van der Waals surface area contributed by atoms with Crippen molar-refractivity contribution in [3.63, 3.8) is 0 Å². The number of aromatic nitrogens is 1. The number of amides is 1. The van der Waals surface area contributed by atoms with E-state index < -0.39 is 11.7 Å². The molecule has 0 spiro atoms. The summed E-state index contributed by atoms with van der Waals surface area (Å²) in [5.41, 5.74) is 0.592. The predicted molar refractivity (Wildman–Crippen MR) is 127 cm³/mol. The summed E-state index contributed by atoms with van der Waals surface area (Å²) in [6, 6.07) is 4.27. The highest BCUT2D eigenvalue weighted by molar-refractivity contribution is 5.80. The molecule has 1 saturated heterocycles. The number of hydrogen-bond acceptors (Lipinski definition) is 5. The van der Waals surface area contributed by atoms with E-state index in [2.05, 4.69) is 49.9 Å². The Bertz CT molecular complexity index is 693. The van der Waals surface area contributed by atoms with Gasteiger partial charge in [0, 0.05) is 45.5 Å². The largest absolute Gasteiger partial charge is 0.444 e. The number of nitrogens with zero attached hydrogens (tertiary/aromatic N) is 3. The number of guanidine groups is 1. The normalized spacial score (nSPS) is 15.5. The third-order valence-electron chi connectivity index (χ3n) is 5.06. The van der Waals surface area contributed by atoms with Gasteiger partial charge >= 0.3 is 6.09 Å². The van der Waals surface area contributed by atoms with Crippen molar-refractivity contribution < 1.29 is 9.53 Å². The molecule has 0 radical (unpaired) electrons. The third kappa shape index (κ3) is 9.44. The van der Waals surface area contributed by atoms with Crippen LogP contribution in [-0.2, 0) is 11.3 Å². The Balaban J connectivity index is 1.84. The average molecular weight is 433 g/mol. The van der Waals surface area contributed by atoms with Crippen LogP contribution >= 0.6 is 0 Å². The number of carbonyl (C=O) groups is 1. The standard InChI is InChI=1S/C23H40N6O2/c1-6-7-10-19(17-27-22(30)31-23(2,3)4)28-21(24-5)26-16-18-11-12-20(25-15-18)29-13-8-9-14-29/h11-12,15,19H,6-10,13-14,16-17H2,1-5H3,(H,27,30)(H2,24,26,28). The molecule has 8 nitrogen and oxygen atoms in total. The van der Waals surface area contributed by atoms with Gasteiger partial charge in [0.25, 0.3) is 0 Å². The van der Waals surface area contributed by atoms with E-state index in [4.69, 9.17) is 4.74 Å². The van der Waals surface area contributed by atoms with E-state index in [1.165, 1.54) is 12.8 Å². The average Bonchev–Trinajstić information content (AvgIpc) is 3.26. The summed E-state index contributed by atoms with van der Waals surface area (Å²) >= 11 is 0. The molecule has 0 bridgehead atoms. The Labute approximate surface area is 187 Å². The molecule has 0 aliphatic carbocycles. The van der Waals surface area contributed by atoms with E-state index in [1.54, 1.807) is 7.05 Å². The fourth-order valence-electron chi connectivity index (χ4n) is 3.42. The van der Waals surface area contributed by atoms with Crippen molar-refractivity contribution in [2.45, 2.75) is 78.0 Å². The minimum atomic E-state index is -0.508. The second kappa shape index (κ2) is 12.4. The maximum Gasteiger partial charge on any atom is 0.407 e. The smallest absolute Gasteiger partial charge is 0.407 e. The number of pyridine rings is 1. The van der Waals surface area contributed by atoms with Gasteiger partial charge in [-0.25, -0.2) is 9.78 Å². The summed E-state index contributed by atoms with van der Waals surface area (Å²) in [7, 11) is 1.75. The number of anilines is 1. The molecule has 3 N–H and O–H groups in total. The Hall–Kier alpha value is -2.51. The van der Waals surface area contributed by atoms with E-state index >= 15 is 0 Å². The highest BCUT2D eigenvalue weighted by Crippen LogP contribution is 2.17. The first-order chi connectivity index (χ1) is 14.8. The third-order valence-corrected chi connectivity index (χ3v) is 5.06. The lowest BCUT2D eigenvalue weighted by atomic mass is 10.1. The molecule has 1 amide bonds. The quantitative estimate of drug-likeness (QED) is 0.409. The first-order valence-electron chi connectivity index (χ1n) is 11.4. The van der Waals surface area contributed by atoms with Crippen LogP contribution in [0.3, 0.4) is 0 Å². The van der Waals surface area contributed by atoms with Crippen LogP contribution < -0.4 is 20.9 Å². The maximum atomic E-state index is 12.0. The second-order valence-corrected chi connectivity index (χ2v) is 9.01. The predicted octanol–water partition coefficient (Wildman–Crippen LogP) is 3.43. The Morgan fingerprint density at radius 3 is 2.58 bits per heavy atom. The van der Waals surface area contributed by atoms with Crippen molar-refractivity contribution in [3.05, 3.63) is 23.9 Å². The highest BCUT2D eigenvalue weighted by atomic mass is 16.6. The second-order valence-electron chi connectivity index (χ2n) is 9.01. The van der Waals surface area contributed by atoms with Crippen molar-refractivity contribution in [1.82, 2.24) is 20.9 Å². The fraction of sp³-hybridized carbons (Fsp3) is 0.696. The number of aliphatic imine (C=N–C) groups is 1. The molecule has 8 heteroatoms. The summed E-state index contributed by atoms with van der Waals surface area (Å²) in [5, 5.41) is 9.64. The van der Waals surface area contributed by atoms with E-state index in [1.807, 2.05) is 27.0 Å². The molecule has 1 fully saturated rings. The fourth-order valence-corrected chi connectivity index (χ4v) is 3.42. The van der Waals surface area contributed by atoms with Gasteiger partial charge in [-0.15, -0.1) is 0 Å². The lowest BCUT2D eigenvalue weighted by molar-refractivity contribution is 0.0523. The molecule has 1 aromatic rings. The van der Waals surface area contributed by atoms with Gasteiger partial charge in [-0.2, -0.15) is 0 Å². The van der Waals surface area contributed by atoms with E-state index in [0.717, 1.165) is 43.7 Å². The molecular formula is C23H40N6O2. The van der Waals surface area contributed by atoms with Crippen LogP contribution in [0.15, 0.2) is 23.3 Å². The van der Waals surface area contributed by atoms with Crippen molar-refractivity contribution in [1.29, 1.82) is 0 Å². The van der Waals surface area contributed by atoms with Gasteiger partial charge in [0.05, 0.1) is 0 Å². The number of carbonyl (C=O) groups excluding carboxylic acids is 1. The molecule has 0 saturated carbocycles. The summed E-state index contributed by atoms with van der Waals surface area (Å²) in [4.78, 5) is 23.3. The minimum absolute atomic E-state index is 0.0642. The molecule has 2 heterocycles. The van der Waals surface area contributed by atoms with Gasteiger partial charge < -0.3 is 25.6 Å². The molecule has 2 rings (SSSR count). The van der Waals surface area contributed by atoms with Crippen LogP contribution in [0.1, 0.15) is 65.4 Å². The van der Waals surface area contributed by atoms with Gasteiger partial charge in [-0.3, -0.25) is 4.99 Å². The summed E-state index contributed by atoms with van der Waals surface area (Å²) in [6.07, 6.45) is 7.09. The number of nitrogens with one attached hydrogen (secondary N) is 3. The zero-order valence-electron chi connectivity index (χ0n) is 19.8.